The maximum absolute atomic E-state index is 11.5. The van der Waals surface area contributed by atoms with E-state index in [0.717, 1.165) is 48.3 Å². The van der Waals surface area contributed by atoms with Crippen molar-refractivity contribution in [1.29, 1.82) is 0 Å². The molecule has 4 rings (SSSR count). The summed E-state index contributed by atoms with van der Waals surface area (Å²) in [6, 6.07) is 6.08. The minimum atomic E-state index is -0.408. The Hall–Kier alpha value is -2.80. The third kappa shape index (κ3) is 4.07. The summed E-state index contributed by atoms with van der Waals surface area (Å²) >= 11 is 6.61. The van der Waals surface area contributed by atoms with Crippen LogP contribution in [0.4, 0.5) is 16.2 Å². The molecule has 1 aromatic carbocycles. The number of hydrogen-bond donors (Lipinski definition) is 2. The first-order chi connectivity index (χ1) is 14.4. The van der Waals surface area contributed by atoms with Crippen molar-refractivity contribution in [1.82, 2.24) is 10.3 Å². The zero-order valence-electron chi connectivity index (χ0n) is 17.2. The molecule has 30 heavy (non-hydrogen) atoms. The number of aromatic nitrogens is 1. The number of hydrogen-bond acceptors (Lipinski definition) is 6. The van der Waals surface area contributed by atoms with Gasteiger partial charge in [0.05, 0.1) is 17.3 Å². The molecule has 2 fully saturated rings. The Labute approximate surface area is 181 Å². The lowest BCUT2D eigenvalue weighted by Crippen LogP contribution is -2.46. The summed E-state index contributed by atoms with van der Waals surface area (Å²) in [5.41, 5.74) is 10.2. The Kier molecular flexibility index (Phi) is 5.56. The molecule has 3 N–H and O–H groups in total. The zero-order valence-corrected chi connectivity index (χ0v) is 17.9. The van der Waals surface area contributed by atoms with Gasteiger partial charge in [0.25, 0.3) is 0 Å². The monoisotopic (exact) mass is 427 g/mol. The first-order valence-electron chi connectivity index (χ1n) is 10.2. The second-order valence-corrected chi connectivity index (χ2v) is 8.55. The maximum atomic E-state index is 11.5. The molecule has 0 unspecified atom stereocenters. The number of nitrogens with two attached hydrogens (primary N) is 1. The van der Waals surface area contributed by atoms with Crippen LogP contribution in [0, 0.1) is 0 Å². The number of halogens is 1. The second kappa shape index (κ2) is 8.14. The summed E-state index contributed by atoms with van der Waals surface area (Å²) < 4.78 is 5.54. The van der Waals surface area contributed by atoms with Gasteiger partial charge in [-0.1, -0.05) is 17.7 Å². The summed E-state index contributed by atoms with van der Waals surface area (Å²) in [7, 11) is 0. The van der Waals surface area contributed by atoms with Gasteiger partial charge in [0.2, 0.25) is 0 Å². The highest BCUT2D eigenvalue weighted by Crippen LogP contribution is 2.40. The van der Waals surface area contributed by atoms with Crippen LogP contribution in [-0.2, 0) is 4.74 Å². The maximum Gasteiger partial charge on any atom is 0.407 e. The molecule has 0 radical (unpaired) electrons. The van der Waals surface area contributed by atoms with E-state index in [1.165, 1.54) is 0 Å². The largest absolute Gasteiger partial charge is 0.441 e. The van der Waals surface area contributed by atoms with Gasteiger partial charge >= 0.3 is 6.09 Å². The molecule has 1 amide bonds. The highest BCUT2D eigenvalue weighted by atomic mass is 35.5. The fraction of sp³-hybridized carbons (Fsp3) is 0.409. The molecule has 0 aliphatic carbocycles. The van der Waals surface area contributed by atoms with Crippen LogP contribution in [0.3, 0.4) is 0 Å². The number of nitrogens with one attached hydrogen (secondary N) is 1. The standard InChI is InChI=1S/C22H26ClN5O2/c1-14(2)26-10-16-9-15(3-4-19(16)24)17-11-25-12-18(23)20(17)28-7-5-22(6-8-28)13-27-21(29)30-22/h3-4,9-12,14H,5-8,13,24H2,1-2H3,(H,27,29). The van der Waals surface area contributed by atoms with E-state index in [1.54, 1.807) is 6.20 Å². The Morgan fingerprint density at radius 3 is 2.77 bits per heavy atom. The van der Waals surface area contributed by atoms with E-state index in [4.69, 9.17) is 22.1 Å². The molecule has 0 atom stereocenters. The number of carbonyl (C=O) groups excluding carboxylic acids is 1. The van der Waals surface area contributed by atoms with Crippen molar-refractivity contribution in [3.05, 3.63) is 41.2 Å². The lowest BCUT2D eigenvalue weighted by atomic mass is 9.90. The number of nitrogen functional groups attached to an aromatic ring is 1. The van der Waals surface area contributed by atoms with Gasteiger partial charge in [0, 0.05) is 67.4 Å². The minimum absolute atomic E-state index is 0.191. The lowest BCUT2D eigenvalue weighted by Gasteiger charge is -2.39. The number of carbonyl (C=O) groups is 1. The predicted molar refractivity (Wildman–Crippen MR) is 120 cm³/mol. The molecule has 3 heterocycles. The van der Waals surface area contributed by atoms with Crippen LogP contribution in [0.2, 0.25) is 5.02 Å². The van der Waals surface area contributed by atoms with E-state index in [0.29, 0.717) is 17.3 Å². The average molecular weight is 428 g/mol. The van der Waals surface area contributed by atoms with E-state index in [-0.39, 0.29) is 12.1 Å². The number of alkyl carbamates (subject to hydrolysis) is 1. The smallest absolute Gasteiger partial charge is 0.407 e. The topological polar surface area (TPSA) is 92.8 Å². The Bertz CT molecular complexity index is 983. The number of pyridine rings is 1. The Balaban J connectivity index is 1.65. The van der Waals surface area contributed by atoms with E-state index in [1.807, 2.05) is 44.5 Å². The molecule has 7 nitrogen and oxygen atoms in total. The molecule has 1 spiro atoms. The van der Waals surface area contributed by atoms with E-state index in [9.17, 15) is 4.79 Å². The number of ether oxygens (including phenoxy) is 1. The van der Waals surface area contributed by atoms with Gasteiger partial charge in [-0.3, -0.25) is 9.98 Å². The van der Waals surface area contributed by atoms with Crippen molar-refractivity contribution in [2.45, 2.75) is 38.3 Å². The molecule has 0 bridgehead atoms. The Morgan fingerprint density at radius 2 is 2.10 bits per heavy atom. The van der Waals surface area contributed by atoms with Crippen molar-refractivity contribution in [2.24, 2.45) is 4.99 Å². The summed E-state index contributed by atoms with van der Waals surface area (Å²) in [5, 5.41) is 3.37. The van der Waals surface area contributed by atoms with Crippen molar-refractivity contribution < 1.29 is 9.53 Å². The number of amides is 1. The fourth-order valence-corrected chi connectivity index (χ4v) is 4.24. The molecule has 2 aliphatic rings. The summed E-state index contributed by atoms with van der Waals surface area (Å²) in [5.74, 6) is 0. The predicted octanol–water partition coefficient (Wildman–Crippen LogP) is 3.89. The summed E-state index contributed by atoms with van der Waals surface area (Å²) in [4.78, 5) is 22.5. The first kappa shape index (κ1) is 20.5. The molecule has 0 saturated carbocycles. The first-order valence-corrected chi connectivity index (χ1v) is 10.5. The molecule has 2 saturated heterocycles. The highest BCUT2D eigenvalue weighted by Gasteiger charge is 2.43. The molecule has 2 aromatic rings. The molecular weight excluding hydrogens is 402 g/mol. The summed E-state index contributed by atoms with van der Waals surface area (Å²) in [6.45, 7) is 6.09. The van der Waals surface area contributed by atoms with Crippen LogP contribution in [0.5, 0.6) is 0 Å². The molecule has 158 valence electrons. The number of benzene rings is 1. The number of aliphatic imine (C=N–C) groups is 1. The van der Waals surface area contributed by atoms with Crippen LogP contribution < -0.4 is 16.0 Å². The van der Waals surface area contributed by atoms with Crippen LogP contribution in [-0.4, -0.2) is 48.6 Å². The van der Waals surface area contributed by atoms with Gasteiger partial charge in [0.15, 0.2) is 0 Å². The molecule has 8 heteroatoms. The van der Waals surface area contributed by atoms with Crippen LogP contribution in [0.15, 0.2) is 35.6 Å². The third-order valence-corrected chi connectivity index (χ3v) is 5.91. The number of nitrogens with zero attached hydrogens (tertiary/aromatic N) is 3. The molecule has 1 aromatic heterocycles. The van der Waals surface area contributed by atoms with Gasteiger partial charge in [-0.05, 0) is 31.5 Å². The number of anilines is 2. The van der Waals surface area contributed by atoms with Crippen LogP contribution in [0.1, 0.15) is 32.3 Å². The van der Waals surface area contributed by atoms with Crippen molar-refractivity contribution in [3.63, 3.8) is 0 Å². The third-order valence-electron chi connectivity index (χ3n) is 5.64. The van der Waals surface area contributed by atoms with E-state index < -0.39 is 5.60 Å². The average Bonchev–Trinajstić information content (AvgIpc) is 3.08. The van der Waals surface area contributed by atoms with Gasteiger partial charge < -0.3 is 20.7 Å². The van der Waals surface area contributed by atoms with Crippen LogP contribution >= 0.6 is 11.6 Å². The van der Waals surface area contributed by atoms with Gasteiger partial charge in [-0.25, -0.2) is 4.79 Å². The van der Waals surface area contributed by atoms with Gasteiger partial charge in [-0.2, -0.15) is 0 Å². The second-order valence-electron chi connectivity index (χ2n) is 8.15. The lowest BCUT2D eigenvalue weighted by molar-refractivity contribution is 0.0367. The number of piperidine rings is 1. The van der Waals surface area contributed by atoms with Crippen molar-refractivity contribution in [2.75, 3.05) is 30.3 Å². The zero-order chi connectivity index (χ0) is 21.3. The molecule has 2 aliphatic heterocycles. The van der Waals surface area contributed by atoms with Crippen molar-refractivity contribution in [3.8, 4) is 11.1 Å². The van der Waals surface area contributed by atoms with E-state index in [2.05, 4.69) is 20.2 Å². The van der Waals surface area contributed by atoms with E-state index >= 15 is 0 Å². The summed E-state index contributed by atoms with van der Waals surface area (Å²) in [6.07, 6.45) is 6.48. The van der Waals surface area contributed by atoms with Crippen LogP contribution in [0.25, 0.3) is 11.1 Å². The SMILES string of the molecule is CC(C)N=Cc1cc(-c2cncc(Cl)c2N2CCC3(CC2)CNC(=O)O3)ccc1N. The minimum Gasteiger partial charge on any atom is -0.441 e. The van der Waals surface area contributed by atoms with Gasteiger partial charge in [0.1, 0.15) is 5.60 Å². The highest BCUT2D eigenvalue weighted by molar-refractivity contribution is 6.33. The number of rotatable bonds is 4. The quantitative estimate of drug-likeness (QED) is 0.570. The normalized spacial score (nSPS) is 18.3. The fourth-order valence-electron chi connectivity index (χ4n) is 3.96. The van der Waals surface area contributed by atoms with Crippen molar-refractivity contribution >= 4 is 35.3 Å². The molecular formula is C22H26ClN5O2. The van der Waals surface area contributed by atoms with Gasteiger partial charge in [-0.15, -0.1) is 0 Å². The Morgan fingerprint density at radius 1 is 1.33 bits per heavy atom.